The molecule has 0 aliphatic heterocycles. The van der Waals surface area contributed by atoms with Crippen molar-refractivity contribution in [1.82, 2.24) is 4.98 Å². The zero-order chi connectivity index (χ0) is 15.6. The molecule has 0 aliphatic carbocycles. The van der Waals surface area contributed by atoms with E-state index in [0.717, 1.165) is 24.4 Å². The molecule has 0 saturated carbocycles. The molecule has 8 heteroatoms. The lowest BCUT2D eigenvalue weighted by Crippen LogP contribution is -2.13. The van der Waals surface area contributed by atoms with Crippen LogP contribution in [0.4, 0.5) is 18.9 Å². The fraction of sp³-hybridized carbons (Fsp3) is 0.0769. The van der Waals surface area contributed by atoms with Gasteiger partial charge in [-0.2, -0.15) is 13.2 Å². The predicted octanol–water partition coefficient (Wildman–Crippen LogP) is 2.57. The van der Waals surface area contributed by atoms with Gasteiger partial charge in [-0.05, 0) is 30.3 Å². The van der Waals surface area contributed by atoms with Crippen LogP contribution in [0.5, 0.6) is 11.6 Å². The maximum atomic E-state index is 12.8. The van der Waals surface area contributed by atoms with E-state index in [2.05, 4.69) is 4.98 Å². The minimum absolute atomic E-state index is 0.0257. The average molecular weight is 297 g/mol. The molecule has 0 spiro atoms. The summed E-state index contributed by atoms with van der Waals surface area (Å²) < 4.78 is 43.5. The number of rotatable bonds is 3. The molecule has 1 aromatic carbocycles. The van der Waals surface area contributed by atoms with Crippen molar-refractivity contribution < 1.29 is 22.7 Å². The molecule has 2 rings (SSSR count). The number of halogens is 3. The Morgan fingerprint density at radius 1 is 1.24 bits per heavy atom. The summed E-state index contributed by atoms with van der Waals surface area (Å²) in [5.41, 5.74) is 9.67. The Kier molecular flexibility index (Phi) is 3.70. The molecule has 2 aromatic rings. The summed E-state index contributed by atoms with van der Waals surface area (Å²) in [4.78, 5) is 14.7. The van der Waals surface area contributed by atoms with Crippen LogP contribution >= 0.6 is 0 Å². The van der Waals surface area contributed by atoms with Crippen molar-refractivity contribution in [2.45, 2.75) is 6.18 Å². The first kappa shape index (κ1) is 14.6. The van der Waals surface area contributed by atoms with E-state index in [1.165, 1.54) is 12.1 Å². The minimum atomic E-state index is -4.61. The third kappa shape index (κ3) is 3.22. The molecule has 5 nitrogen and oxygen atoms in total. The molecule has 0 saturated heterocycles. The summed E-state index contributed by atoms with van der Waals surface area (Å²) >= 11 is 0. The lowest BCUT2D eigenvalue weighted by Gasteiger charge is -2.13. The average Bonchev–Trinajstić information content (AvgIpc) is 2.40. The van der Waals surface area contributed by atoms with E-state index >= 15 is 0 Å². The van der Waals surface area contributed by atoms with Gasteiger partial charge in [0.15, 0.2) is 0 Å². The van der Waals surface area contributed by atoms with Crippen LogP contribution in [0.15, 0.2) is 36.5 Å². The number of primary amides is 1. The quantitative estimate of drug-likeness (QED) is 0.852. The predicted molar refractivity (Wildman–Crippen MR) is 68.7 cm³/mol. The second-order valence-electron chi connectivity index (χ2n) is 4.07. The first-order valence-electron chi connectivity index (χ1n) is 5.68. The molecule has 0 unspecified atom stereocenters. The molecule has 0 fully saturated rings. The number of aromatic nitrogens is 1. The lowest BCUT2D eigenvalue weighted by molar-refractivity contribution is -0.138. The molecule has 0 aliphatic rings. The van der Waals surface area contributed by atoms with E-state index in [1.807, 2.05) is 0 Å². The van der Waals surface area contributed by atoms with Gasteiger partial charge in [-0.15, -0.1) is 0 Å². The van der Waals surface area contributed by atoms with Crippen LogP contribution in [0, 0.1) is 0 Å². The third-order valence-corrected chi connectivity index (χ3v) is 2.58. The number of nitrogen functional groups attached to an aromatic ring is 1. The highest BCUT2D eigenvalue weighted by Gasteiger charge is 2.35. The monoisotopic (exact) mass is 297 g/mol. The number of hydrogen-bond acceptors (Lipinski definition) is 4. The Morgan fingerprint density at radius 2 is 1.95 bits per heavy atom. The number of benzene rings is 1. The number of pyridine rings is 1. The Labute approximate surface area is 117 Å². The second-order valence-corrected chi connectivity index (χ2v) is 4.07. The highest BCUT2D eigenvalue weighted by atomic mass is 19.4. The molecule has 21 heavy (non-hydrogen) atoms. The zero-order valence-corrected chi connectivity index (χ0v) is 10.5. The number of alkyl halides is 3. The van der Waals surface area contributed by atoms with Crippen LogP contribution in [-0.2, 0) is 6.18 Å². The summed E-state index contributed by atoms with van der Waals surface area (Å²) in [6.07, 6.45) is -3.44. The molecule has 0 bridgehead atoms. The van der Waals surface area contributed by atoms with Gasteiger partial charge in [0, 0.05) is 11.9 Å². The Hall–Kier alpha value is -2.77. The van der Waals surface area contributed by atoms with Gasteiger partial charge in [0.05, 0.1) is 5.56 Å². The molecule has 4 N–H and O–H groups in total. The van der Waals surface area contributed by atoms with Crippen LogP contribution in [-0.4, -0.2) is 10.9 Å². The van der Waals surface area contributed by atoms with Gasteiger partial charge in [0.25, 0.3) is 5.91 Å². The summed E-state index contributed by atoms with van der Waals surface area (Å²) in [5, 5.41) is 0. The van der Waals surface area contributed by atoms with Crippen molar-refractivity contribution in [2.75, 3.05) is 5.73 Å². The van der Waals surface area contributed by atoms with Crippen LogP contribution in [0.1, 0.15) is 15.9 Å². The van der Waals surface area contributed by atoms with Crippen molar-refractivity contribution in [3.8, 4) is 11.6 Å². The number of nitrogens with zero attached hydrogens (tertiary/aromatic N) is 1. The van der Waals surface area contributed by atoms with E-state index in [0.29, 0.717) is 0 Å². The Bertz CT molecular complexity index is 687. The maximum Gasteiger partial charge on any atom is 0.421 e. The highest BCUT2D eigenvalue weighted by Crippen LogP contribution is 2.36. The van der Waals surface area contributed by atoms with E-state index in [1.54, 1.807) is 0 Å². The summed E-state index contributed by atoms with van der Waals surface area (Å²) in [6.45, 7) is 0. The van der Waals surface area contributed by atoms with Crippen molar-refractivity contribution in [3.63, 3.8) is 0 Å². The van der Waals surface area contributed by atoms with Gasteiger partial charge in [0.2, 0.25) is 5.88 Å². The van der Waals surface area contributed by atoms with Crippen molar-refractivity contribution in [3.05, 3.63) is 47.7 Å². The van der Waals surface area contributed by atoms with E-state index in [4.69, 9.17) is 16.2 Å². The topological polar surface area (TPSA) is 91.2 Å². The van der Waals surface area contributed by atoms with Gasteiger partial charge in [-0.3, -0.25) is 4.79 Å². The minimum Gasteiger partial charge on any atom is -0.438 e. The number of amides is 1. The summed E-state index contributed by atoms with van der Waals surface area (Å²) in [6, 6.07) is 5.77. The molecule has 1 aromatic heterocycles. The van der Waals surface area contributed by atoms with Crippen LogP contribution in [0.3, 0.4) is 0 Å². The highest BCUT2D eigenvalue weighted by molar-refractivity contribution is 5.98. The fourth-order valence-corrected chi connectivity index (χ4v) is 1.61. The number of anilines is 1. The molecule has 0 atom stereocenters. The first-order chi connectivity index (χ1) is 9.79. The smallest absolute Gasteiger partial charge is 0.421 e. The van der Waals surface area contributed by atoms with Gasteiger partial charge in [-0.1, -0.05) is 0 Å². The molecule has 0 radical (unpaired) electrons. The molecule has 1 heterocycles. The summed E-state index contributed by atoms with van der Waals surface area (Å²) in [7, 11) is 0. The van der Waals surface area contributed by atoms with Gasteiger partial charge < -0.3 is 16.2 Å². The van der Waals surface area contributed by atoms with E-state index < -0.39 is 23.5 Å². The number of nitrogens with two attached hydrogens (primary N) is 2. The van der Waals surface area contributed by atoms with Gasteiger partial charge in [0.1, 0.15) is 11.3 Å². The standard InChI is InChI=1S/C13H10F3N3O2/c14-13(15,16)9-2-1-5-19-12(9)21-7-3-4-10(17)8(6-7)11(18)20/h1-6H,17H2,(H2,18,20). The van der Waals surface area contributed by atoms with E-state index in [9.17, 15) is 18.0 Å². The third-order valence-electron chi connectivity index (χ3n) is 2.58. The van der Waals surface area contributed by atoms with Crippen molar-refractivity contribution >= 4 is 11.6 Å². The maximum absolute atomic E-state index is 12.8. The molecular formula is C13H10F3N3O2. The SMILES string of the molecule is NC(=O)c1cc(Oc2ncccc2C(F)(F)F)ccc1N. The van der Waals surface area contributed by atoms with Crippen LogP contribution in [0.2, 0.25) is 0 Å². The number of carbonyl (C=O) groups excluding carboxylic acids is 1. The second kappa shape index (κ2) is 5.31. The Morgan fingerprint density at radius 3 is 2.57 bits per heavy atom. The molecule has 110 valence electrons. The number of hydrogen-bond donors (Lipinski definition) is 2. The van der Waals surface area contributed by atoms with Gasteiger partial charge >= 0.3 is 6.18 Å². The fourth-order valence-electron chi connectivity index (χ4n) is 1.61. The summed E-state index contributed by atoms with van der Waals surface area (Å²) in [5.74, 6) is -1.46. The normalized spacial score (nSPS) is 11.2. The molecular weight excluding hydrogens is 287 g/mol. The number of carbonyl (C=O) groups is 1. The lowest BCUT2D eigenvalue weighted by atomic mass is 10.1. The largest absolute Gasteiger partial charge is 0.438 e. The first-order valence-corrected chi connectivity index (χ1v) is 5.68. The van der Waals surface area contributed by atoms with E-state index in [-0.39, 0.29) is 17.0 Å². The van der Waals surface area contributed by atoms with Crippen molar-refractivity contribution in [1.29, 1.82) is 0 Å². The Balaban J connectivity index is 2.40. The zero-order valence-electron chi connectivity index (χ0n) is 10.5. The van der Waals surface area contributed by atoms with Crippen molar-refractivity contribution in [2.24, 2.45) is 5.73 Å². The number of ether oxygens (including phenoxy) is 1. The van der Waals surface area contributed by atoms with Crippen LogP contribution < -0.4 is 16.2 Å². The van der Waals surface area contributed by atoms with Gasteiger partial charge in [-0.25, -0.2) is 4.98 Å². The molecule has 1 amide bonds. The van der Waals surface area contributed by atoms with Crippen LogP contribution in [0.25, 0.3) is 0 Å².